The highest BCUT2D eigenvalue weighted by atomic mass is 19.4. The van der Waals surface area contributed by atoms with Crippen molar-refractivity contribution in [3.8, 4) is 0 Å². The lowest BCUT2D eigenvalue weighted by Crippen LogP contribution is -2.50. The smallest absolute Gasteiger partial charge is 0.372 e. The molecule has 1 aliphatic rings. The molecule has 1 N–H and O–H groups in total. The average molecular weight is 411 g/mol. The van der Waals surface area contributed by atoms with E-state index in [0.29, 0.717) is 50.4 Å². The van der Waals surface area contributed by atoms with E-state index in [2.05, 4.69) is 14.6 Å². The highest BCUT2D eigenvalue weighted by molar-refractivity contribution is 6.45. The number of amides is 1. The number of aromatic nitrogens is 1. The fourth-order valence-electron chi connectivity index (χ4n) is 3.57. The second kappa shape index (κ2) is 8.96. The van der Waals surface area contributed by atoms with Crippen LogP contribution in [-0.2, 0) is 9.53 Å². The maximum absolute atomic E-state index is 12.8. The minimum atomic E-state index is -4.30. The summed E-state index contributed by atoms with van der Waals surface area (Å²) in [5.74, 6) is -1.04. The molecule has 3 rings (SSSR count). The Morgan fingerprint density at radius 3 is 2.52 bits per heavy atom. The summed E-state index contributed by atoms with van der Waals surface area (Å²) in [5.41, 5.74) is 1.90. The van der Waals surface area contributed by atoms with Crippen LogP contribution < -0.4 is 0 Å². The van der Waals surface area contributed by atoms with E-state index in [1.165, 1.54) is 0 Å². The molecular formula is C20H24F3N3O3. The van der Waals surface area contributed by atoms with Crippen LogP contribution in [0, 0.1) is 6.92 Å². The largest absolute Gasteiger partial charge is 0.411 e. The maximum atomic E-state index is 12.8. The van der Waals surface area contributed by atoms with Crippen molar-refractivity contribution >= 4 is 22.6 Å². The molecule has 1 aromatic carbocycles. The number of alkyl halides is 3. The number of para-hydroxylation sites is 1. The number of rotatable bonds is 7. The van der Waals surface area contributed by atoms with Crippen LogP contribution in [0.15, 0.2) is 24.3 Å². The molecule has 0 atom stereocenters. The number of piperazine rings is 1. The van der Waals surface area contributed by atoms with Crippen molar-refractivity contribution in [2.75, 3.05) is 45.9 Å². The predicted molar refractivity (Wildman–Crippen MR) is 102 cm³/mol. The third kappa shape index (κ3) is 5.36. The number of H-pyrrole nitrogens is 1. The summed E-state index contributed by atoms with van der Waals surface area (Å²) in [7, 11) is 0. The Balaban J connectivity index is 1.48. The molecule has 0 radical (unpaired) electrons. The fraction of sp³-hybridized carbons (Fsp3) is 0.500. The van der Waals surface area contributed by atoms with Gasteiger partial charge in [-0.2, -0.15) is 13.2 Å². The van der Waals surface area contributed by atoms with Crippen LogP contribution in [0.1, 0.15) is 22.5 Å². The van der Waals surface area contributed by atoms with Gasteiger partial charge in [-0.15, -0.1) is 0 Å². The molecule has 158 valence electrons. The molecule has 2 heterocycles. The van der Waals surface area contributed by atoms with Crippen molar-refractivity contribution in [3.05, 3.63) is 35.5 Å². The van der Waals surface area contributed by atoms with Gasteiger partial charge in [-0.05, 0) is 19.4 Å². The quantitative estimate of drug-likeness (QED) is 0.432. The Hall–Kier alpha value is -2.39. The molecule has 0 saturated carbocycles. The molecule has 1 saturated heterocycles. The number of carbonyl (C=O) groups excluding carboxylic acids is 2. The molecule has 9 heteroatoms. The Morgan fingerprint density at radius 1 is 1.14 bits per heavy atom. The van der Waals surface area contributed by atoms with Crippen molar-refractivity contribution in [3.63, 3.8) is 0 Å². The number of hydrogen-bond acceptors (Lipinski definition) is 4. The van der Waals surface area contributed by atoms with Crippen molar-refractivity contribution < 1.29 is 27.5 Å². The van der Waals surface area contributed by atoms with Gasteiger partial charge in [0.1, 0.15) is 6.61 Å². The second-order valence-corrected chi connectivity index (χ2v) is 7.15. The zero-order valence-corrected chi connectivity index (χ0v) is 16.2. The van der Waals surface area contributed by atoms with Gasteiger partial charge in [0.2, 0.25) is 0 Å². The zero-order valence-electron chi connectivity index (χ0n) is 16.2. The van der Waals surface area contributed by atoms with Gasteiger partial charge in [-0.3, -0.25) is 14.5 Å². The van der Waals surface area contributed by atoms with Crippen LogP contribution in [0.2, 0.25) is 0 Å². The van der Waals surface area contributed by atoms with E-state index in [1.807, 2.05) is 24.3 Å². The molecule has 1 aliphatic heterocycles. The minimum Gasteiger partial charge on any atom is -0.372 e. The molecule has 1 fully saturated rings. The van der Waals surface area contributed by atoms with Gasteiger partial charge < -0.3 is 14.6 Å². The Bertz CT molecular complexity index is 871. The summed E-state index contributed by atoms with van der Waals surface area (Å²) in [4.78, 5) is 32.3. The van der Waals surface area contributed by atoms with Crippen LogP contribution in [-0.4, -0.2) is 78.6 Å². The third-order valence-electron chi connectivity index (χ3n) is 5.00. The second-order valence-electron chi connectivity index (χ2n) is 7.15. The third-order valence-corrected chi connectivity index (χ3v) is 5.00. The SMILES string of the molecule is Cc1[nH]c2ccccc2c1C(=O)C(=O)N1CCN(CCCOCC(F)(F)F)CC1. The summed E-state index contributed by atoms with van der Waals surface area (Å²) in [5, 5.41) is 0.737. The van der Waals surface area contributed by atoms with E-state index in [1.54, 1.807) is 11.8 Å². The summed E-state index contributed by atoms with van der Waals surface area (Å²) in [6.07, 6.45) is -3.82. The molecule has 0 spiro atoms. The number of aryl methyl sites for hydroxylation is 1. The Morgan fingerprint density at radius 2 is 1.83 bits per heavy atom. The number of ketones is 1. The summed E-state index contributed by atoms with van der Waals surface area (Å²) in [6, 6.07) is 7.37. The van der Waals surface area contributed by atoms with E-state index in [-0.39, 0.29) is 6.61 Å². The van der Waals surface area contributed by atoms with Gasteiger partial charge in [-0.25, -0.2) is 0 Å². The first kappa shape index (κ1) is 21.3. The number of benzene rings is 1. The number of carbonyl (C=O) groups is 2. The number of Topliss-reactive ketones (excluding diaryl/α,β-unsaturated/α-hetero) is 1. The first-order chi connectivity index (χ1) is 13.8. The number of fused-ring (bicyclic) bond motifs is 1. The highest BCUT2D eigenvalue weighted by Crippen LogP contribution is 2.23. The average Bonchev–Trinajstić information content (AvgIpc) is 3.02. The lowest BCUT2D eigenvalue weighted by atomic mass is 10.1. The summed E-state index contributed by atoms with van der Waals surface area (Å²) < 4.78 is 40.7. The van der Waals surface area contributed by atoms with E-state index in [4.69, 9.17) is 0 Å². The topological polar surface area (TPSA) is 65.6 Å². The van der Waals surface area contributed by atoms with Crippen LogP contribution >= 0.6 is 0 Å². The molecule has 2 aromatic rings. The number of aromatic amines is 1. The van der Waals surface area contributed by atoms with Gasteiger partial charge in [0.05, 0.1) is 5.56 Å². The van der Waals surface area contributed by atoms with Crippen LogP contribution in [0.4, 0.5) is 13.2 Å². The van der Waals surface area contributed by atoms with E-state index in [0.717, 1.165) is 10.9 Å². The minimum absolute atomic E-state index is 0.0387. The monoisotopic (exact) mass is 411 g/mol. The number of hydrogen-bond donors (Lipinski definition) is 1. The van der Waals surface area contributed by atoms with Gasteiger partial charge in [0.25, 0.3) is 11.7 Å². The van der Waals surface area contributed by atoms with Gasteiger partial charge >= 0.3 is 6.18 Å². The fourth-order valence-corrected chi connectivity index (χ4v) is 3.57. The van der Waals surface area contributed by atoms with E-state index >= 15 is 0 Å². The van der Waals surface area contributed by atoms with Gasteiger partial charge in [0, 0.05) is 55.9 Å². The first-order valence-electron chi connectivity index (χ1n) is 9.54. The molecule has 1 amide bonds. The summed E-state index contributed by atoms with van der Waals surface area (Å²) >= 11 is 0. The van der Waals surface area contributed by atoms with Gasteiger partial charge in [0.15, 0.2) is 0 Å². The normalized spacial score (nSPS) is 15.8. The first-order valence-corrected chi connectivity index (χ1v) is 9.54. The number of nitrogens with one attached hydrogen (secondary N) is 1. The van der Waals surface area contributed by atoms with Crippen molar-refractivity contribution in [2.45, 2.75) is 19.5 Å². The van der Waals surface area contributed by atoms with E-state index in [9.17, 15) is 22.8 Å². The molecule has 29 heavy (non-hydrogen) atoms. The van der Waals surface area contributed by atoms with Gasteiger partial charge in [-0.1, -0.05) is 18.2 Å². The predicted octanol–water partition coefficient (Wildman–Crippen LogP) is 2.77. The van der Waals surface area contributed by atoms with E-state index < -0.39 is 24.5 Å². The van der Waals surface area contributed by atoms with Crippen LogP contribution in [0.5, 0.6) is 0 Å². The standard InChI is InChI=1S/C20H24F3N3O3/c1-14-17(15-5-2-3-6-16(15)24-14)18(27)19(28)26-10-8-25(9-11-26)7-4-12-29-13-20(21,22)23/h2-3,5-6,24H,4,7-13H2,1H3. The Labute approximate surface area is 166 Å². The molecular weight excluding hydrogens is 387 g/mol. The molecule has 0 aliphatic carbocycles. The lowest BCUT2D eigenvalue weighted by molar-refractivity contribution is -0.174. The number of ether oxygens (including phenoxy) is 1. The lowest BCUT2D eigenvalue weighted by Gasteiger charge is -2.34. The van der Waals surface area contributed by atoms with Crippen LogP contribution in [0.25, 0.3) is 10.9 Å². The Kier molecular flexibility index (Phi) is 6.59. The maximum Gasteiger partial charge on any atom is 0.411 e. The molecule has 1 aromatic heterocycles. The van der Waals surface area contributed by atoms with Crippen molar-refractivity contribution in [1.29, 1.82) is 0 Å². The number of halogens is 3. The molecule has 0 unspecified atom stereocenters. The highest BCUT2D eigenvalue weighted by Gasteiger charge is 2.30. The number of nitrogens with zero attached hydrogens (tertiary/aromatic N) is 2. The zero-order chi connectivity index (χ0) is 21.0. The molecule has 0 bridgehead atoms. The van der Waals surface area contributed by atoms with Crippen LogP contribution in [0.3, 0.4) is 0 Å². The summed E-state index contributed by atoms with van der Waals surface area (Å²) in [6.45, 7) is 3.15. The van der Waals surface area contributed by atoms with Crippen molar-refractivity contribution in [2.24, 2.45) is 0 Å². The molecule has 6 nitrogen and oxygen atoms in total. The van der Waals surface area contributed by atoms with Crippen molar-refractivity contribution in [1.82, 2.24) is 14.8 Å².